The topological polar surface area (TPSA) is 89.9 Å². The van der Waals surface area contributed by atoms with Gasteiger partial charge in [0.25, 0.3) is 0 Å². The molecule has 0 amide bonds. The zero-order chi connectivity index (χ0) is 13.7. The first-order chi connectivity index (χ1) is 8.47. The minimum Gasteiger partial charge on any atom is -0.462 e. The van der Waals surface area contributed by atoms with E-state index in [4.69, 9.17) is 9.84 Å². The molecule has 0 radical (unpaired) electrons. The molecule has 0 aromatic heterocycles. The Hall–Kier alpha value is -2.37. The van der Waals surface area contributed by atoms with Crippen LogP contribution in [0, 0.1) is 6.92 Å². The summed E-state index contributed by atoms with van der Waals surface area (Å²) in [5, 5.41) is 8.41. The maximum Gasteiger partial charge on any atom is 0.513 e. The number of rotatable bonds is 3. The largest absolute Gasteiger partial charge is 0.513 e. The van der Waals surface area contributed by atoms with Gasteiger partial charge in [0.05, 0.1) is 17.7 Å². The predicted molar refractivity (Wildman–Crippen MR) is 60.6 cm³/mol. The molecule has 96 valence electrons. The summed E-state index contributed by atoms with van der Waals surface area (Å²) in [6.45, 7) is 3.35. The van der Waals surface area contributed by atoms with E-state index in [1.165, 1.54) is 6.07 Å². The van der Waals surface area contributed by atoms with Crippen LogP contribution in [0.4, 0.5) is 4.79 Å². The van der Waals surface area contributed by atoms with E-state index < -0.39 is 18.1 Å². The van der Waals surface area contributed by atoms with Crippen LogP contribution < -0.4 is 0 Å². The van der Waals surface area contributed by atoms with Crippen molar-refractivity contribution < 1.29 is 29.0 Å². The second kappa shape index (κ2) is 5.81. The number of hydrogen-bond acceptors (Lipinski definition) is 5. The lowest BCUT2D eigenvalue weighted by atomic mass is 10.0. The van der Waals surface area contributed by atoms with Gasteiger partial charge < -0.3 is 14.6 Å². The van der Waals surface area contributed by atoms with Crippen molar-refractivity contribution in [2.75, 3.05) is 6.61 Å². The van der Waals surface area contributed by atoms with E-state index in [1.54, 1.807) is 26.0 Å². The summed E-state index contributed by atoms with van der Waals surface area (Å²) in [4.78, 5) is 33.6. The third-order valence-electron chi connectivity index (χ3n) is 2.15. The van der Waals surface area contributed by atoms with Crippen LogP contribution in [0.3, 0.4) is 0 Å². The number of esters is 2. The lowest BCUT2D eigenvalue weighted by Gasteiger charge is -2.09. The Labute approximate surface area is 103 Å². The highest BCUT2D eigenvalue weighted by molar-refractivity contribution is 6.06. The molecule has 0 aliphatic carbocycles. The number of ether oxygens (including phenoxy) is 2. The number of carbonyl (C=O) groups is 3. The fraction of sp³-hybridized carbons (Fsp3) is 0.250. The van der Waals surface area contributed by atoms with Crippen molar-refractivity contribution in [1.29, 1.82) is 0 Å². The number of aryl methyl sites for hydroxylation is 1. The average Bonchev–Trinajstić information content (AvgIpc) is 2.27. The molecule has 0 saturated heterocycles. The van der Waals surface area contributed by atoms with Crippen molar-refractivity contribution in [1.82, 2.24) is 0 Å². The summed E-state index contributed by atoms with van der Waals surface area (Å²) in [5.41, 5.74) is 0.327. The first-order valence-corrected chi connectivity index (χ1v) is 5.19. The van der Waals surface area contributed by atoms with Gasteiger partial charge in [0, 0.05) is 0 Å². The summed E-state index contributed by atoms with van der Waals surface area (Å²) in [5.74, 6) is -1.79. The minimum atomic E-state index is -1.72. The minimum absolute atomic E-state index is 0.0110. The van der Waals surface area contributed by atoms with Crippen molar-refractivity contribution in [3.63, 3.8) is 0 Å². The van der Waals surface area contributed by atoms with E-state index in [0.29, 0.717) is 5.56 Å². The molecule has 0 heterocycles. The molecule has 1 N–H and O–H groups in total. The van der Waals surface area contributed by atoms with Crippen molar-refractivity contribution in [2.45, 2.75) is 13.8 Å². The van der Waals surface area contributed by atoms with Crippen LogP contribution >= 0.6 is 0 Å². The Morgan fingerprint density at radius 3 is 2.44 bits per heavy atom. The van der Waals surface area contributed by atoms with E-state index in [1.807, 2.05) is 0 Å². The van der Waals surface area contributed by atoms with Crippen LogP contribution in [0.15, 0.2) is 18.2 Å². The normalized spacial score (nSPS) is 9.67. The van der Waals surface area contributed by atoms with Gasteiger partial charge in [-0.3, -0.25) is 0 Å². The molecule has 0 saturated carbocycles. The molecule has 1 aromatic carbocycles. The Morgan fingerprint density at radius 2 is 1.89 bits per heavy atom. The molecule has 0 spiro atoms. The number of carbonyl (C=O) groups excluding carboxylic acids is 2. The molecule has 0 atom stereocenters. The highest BCUT2D eigenvalue weighted by Gasteiger charge is 2.23. The highest BCUT2D eigenvalue weighted by atomic mass is 16.7. The molecule has 0 bridgehead atoms. The van der Waals surface area contributed by atoms with Crippen LogP contribution in [-0.2, 0) is 9.47 Å². The first kappa shape index (κ1) is 13.7. The van der Waals surface area contributed by atoms with Crippen LogP contribution in [0.2, 0.25) is 0 Å². The zero-order valence-corrected chi connectivity index (χ0v) is 9.93. The van der Waals surface area contributed by atoms with E-state index in [0.717, 1.165) is 0 Å². The van der Waals surface area contributed by atoms with Crippen LogP contribution in [0.1, 0.15) is 33.2 Å². The van der Waals surface area contributed by atoms with Gasteiger partial charge in [-0.25, -0.2) is 14.4 Å². The third kappa shape index (κ3) is 3.07. The zero-order valence-electron chi connectivity index (χ0n) is 9.93. The summed E-state index contributed by atoms with van der Waals surface area (Å²) < 4.78 is 8.84. The van der Waals surface area contributed by atoms with Gasteiger partial charge in [-0.2, -0.15) is 0 Å². The molecule has 1 aromatic rings. The molecular formula is C12H12O6. The maximum atomic E-state index is 11.6. The van der Waals surface area contributed by atoms with Gasteiger partial charge in [0.2, 0.25) is 0 Å². The van der Waals surface area contributed by atoms with Crippen molar-refractivity contribution in [3.8, 4) is 0 Å². The molecule has 1 rings (SSSR count). The maximum absolute atomic E-state index is 11.6. The Balaban J connectivity index is 3.19. The second-order valence-corrected chi connectivity index (χ2v) is 3.37. The fourth-order valence-corrected chi connectivity index (χ4v) is 1.45. The molecule has 18 heavy (non-hydrogen) atoms. The molecule has 0 unspecified atom stereocenters. The van der Waals surface area contributed by atoms with Gasteiger partial charge in [0.15, 0.2) is 0 Å². The monoisotopic (exact) mass is 252 g/mol. The fourth-order valence-electron chi connectivity index (χ4n) is 1.45. The Morgan fingerprint density at radius 1 is 1.22 bits per heavy atom. The number of hydrogen-bond donors (Lipinski definition) is 1. The van der Waals surface area contributed by atoms with Crippen LogP contribution in [0.5, 0.6) is 0 Å². The molecule has 0 aliphatic heterocycles. The van der Waals surface area contributed by atoms with Crippen molar-refractivity contribution in [3.05, 3.63) is 34.9 Å². The molecule has 0 fully saturated rings. The van der Waals surface area contributed by atoms with Gasteiger partial charge in [-0.05, 0) is 25.5 Å². The Bertz CT molecular complexity index is 491. The SMILES string of the molecule is CCOC(=O)c1cccc(C)c1C(=O)OC(=O)O. The van der Waals surface area contributed by atoms with E-state index in [9.17, 15) is 14.4 Å². The van der Waals surface area contributed by atoms with Gasteiger partial charge in [-0.1, -0.05) is 12.1 Å². The molecule has 6 heteroatoms. The van der Waals surface area contributed by atoms with E-state index in [2.05, 4.69) is 4.74 Å². The molecular weight excluding hydrogens is 240 g/mol. The third-order valence-corrected chi connectivity index (χ3v) is 2.15. The quantitative estimate of drug-likeness (QED) is 0.653. The van der Waals surface area contributed by atoms with Gasteiger partial charge in [-0.15, -0.1) is 0 Å². The summed E-state index contributed by atoms with van der Waals surface area (Å²) in [7, 11) is 0. The van der Waals surface area contributed by atoms with Gasteiger partial charge >= 0.3 is 18.1 Å². The van der Waals surface area contributed by atoms with Crippen LogP contribution in [-0.4, -0.2) is 29.8 Å². The second-order valence-electron chi connectivity index (χ2n) is 3.37. The highest BCUT2D eigenvalue weighted by Crippen LogP contribution is 2.17. The lowest BCUT2D eigenvalue weighted by Crippen LogP contribution is -2.17. The standard InChI is InChI=1S/C12H12O6/c1-3-17-10(13)8-6-4-5-7(2)9(8)11(14)18-12(15)16/h4-6H,3H2,1-2H3,(H,15,16). The molecule has 0 aliphatic rings. The van der Waals surface area contributed by atoms with Crippen molar-refractivity contribution in [2.24, 2.45) is 0 Å². The first-order valence-electron chi connectivity index (χ1n) is 5.19. The van der Waals surface area contributed by atoms with Gasteiger partial charge in [0.1, 0.15) is 0 Å². The number of benzene rings is 1. The van der Waals surface area contributed by atoms with Crippen LogP contribution in [0.25, 0.3) is 0 Å². The molecule has 6 nitrogen and oxygen atoms in total. The van der Waals surface area contributed by atoms with E-state index >= 15 is 0 Å². The summed E-state index contributed by atoms with van der Waals surface area (Å²) >= 11 is 0. The lowest BCUT2D eigenvalue weighted by molar-refractivity contribution is 0.0467. The van der Waals surface area contributed by atoms with E-state index in [-0.39, 0.29) is 17.7 Å². The number of carboxylic acid groups (broad SMARTS) is 1. The average molecular weight is 252 g/mol. The summed E-state index contributed by atoms with van der Waals surface area (Å²) in [6.07, 6.45) is -1.72. The Kier molecular flexibility index (Phi) is 4.42. The smallest absolute Gasteiger partial charge is 0.462 e. The summed E-state index contributed by atoms with van der Waals surface area (Å²) in [6, 6.07) is 4.52. The van der Waals surface area contributed by atoms with Crippen molar-refractivity contribution >= 4 is 18.1 Å². The predicted octanol–water partition coefficient (Wildman–Crippen LogP) is 2.01.